The number of nitrogens with one attached hydrogen (secondary N) is 1. The number of alkyl halides is 3. The lowest BCUT2D eigenvalue weighted by atomic mass is 10.2. The van der Waals surface area contributed by atoms with Crippen molar-refractivity contribution in [3.05, 3.63) is 94.5 Å². The van der Waals surface area contributed by atoms with Gasteiger partial charge in [0.25, 0.3) is 15.7 Å². The van der Waals surface area contributed by atoms with E-state index in [4.69, 9.17) is 0 Å². The van der Waals surface area contributed by atoms with Crippen molar-refractivity contribution in [2.75, 3.05) is 16.2 Å². The van der Waals surface area contributed by atoms with Crippen LogP contribution in [-0.2, 0) is 21.0 Å². The first-order chi connectivity index (χ1) is 15.5. The maximum absolute atomic E-state index is 13.2. The smallest absolute Gasteiger partial charge is 0.325 e. The van der Waals surface area contributed by atoms with E-state index in [0.29, 0.717) is 10.4 Å². The second kappa shape index (κ2) is 9.28. The molecule has 1 amide bonds. The predicted octanol–water partition coefficient (Wildman–Crippen LogP) is 4.45. The molecule has 0 saturated carbocycles. The Hall–Kier alpha value is -3.93. The van der Waals surface area contributed by atoms with Gasteiger partial charge in [0.2, 0.25) is 5.91 Å². The molecule has 0 aliphatic rings. The zero-order chi connectivity index (χ0) is 24.2. The highest BCUT2D eigenvalue weighted by molar-refractivity contribution is 7.92. The SMILES string of the molecule is O=C(CN(c1cccc([N+](=O)[O-])c1)S(=O)(=O)c1ccccc1)Nc1cccc(C(F)(F)F)c1. The molecule has 3 aromatic rings. The molecule has 3 aromatic carbocycles. The molecule has 172 valence electrons. The van der Waals surface area contributed by atoms with Crippen LogP contribution in [0.3, 0.4) is 0 Å². The van der Waals surface area contributed by atoms with Crippen LogP contribution in [0.25, 0.3) is 0 Å². The third-order valence-electron chi connectivity index (χ3n) is 4.42. The highest BCUT2D eigenvalue weighted by atomic mass is 32.2. The summed E-state index contributed by atoms with van der Waals surface area (Å²) >= 11 is 0. The quantitative estimate of drug-likeness (QED) is 0.398. The summed E-state index contributed by atoms with van der Waals surface area (Å²) < 4.78 is 65.9. The number of halogens is 3. The van der Waals surface area contributed by atoms with Crippen LogP contribution < -0.4 is 9.62 Å². The van der Waals surface area contributed by atoms with Crippen molar-refractivity contribution in [1.82, 2.24) is 0 Å². The Morgan fingerprint density at radius 3 is 2.27 bits per heavy atom. The minimum absolute atomic E-state index is 0.160. The summed E-state index contributed by atoms with van der Waals surface area (Å²) in [7, 11) is -4.35. The molecule has 0 bridgehead atoms. The fourth-order valence-corrected chi connectivity index (χ4v) is 4.33. The van der Waals surface area contributed by atoms with Gasteiger partial charge in [0.15, 0.2) is 0 Å². The maximum atomic E-state index is 13.2. The van der Waals surface area contributed by atoms with Crippen molar-refractivity contribution in [3.8, 4) is 0 Å². The number of nitro groups is 1. The van der Waals surface area contributed by atoms with E-state index in [1.165, 1.54) is 42.5 Å². The summed E-state index contributed by atoms with van der Waals surface area (Å²) in [4.78, 5) is 22.9. The van der Waals surface area contributed by atoms with E-state index < -0.39 is 44.8 Å². The van der Waals surface area contributed by atoms with Gasteiger partial charge in [-0.3, -0.25) is 19.2 Å². The first-order valence-corrected chi connectivity index (χ1v) is 10.7. The Labute approximate surface area is 186 Å². The van der Waals surface area contributed by atoms with Crippen LogP contribution in [0.5, 0.6) is 0 Å². The first kappa shape index (κ1) is 23.7. The molecule has 0 aromatic heterocycles. The minimum atomic E-state index is -4.63. The van der Waals surface area contributed by atoms with Gasteiger partial charge in [0, 0.05) is 17.8 Å². The number of hydrogen-bond donors (Lipinski definition) is 1. The van der Waals surface area contributed by atoms with Gasteiger partial charge in [-0.2, -0.15) is 13.2 Å². The van der Waals surface area contributed by atoms with Crippen molar-refractivity contribution < 1.29 is 31.3 Å². The Balaban J connectivity index is 1.96. The van der Waals surface area contributed by atoms with Gasteiger partial charge in [0.1, 0.15) is 6.54 Å². The molecule has 8 nitrogen and oxygen atoms in total. The molecule has 0 aliphatic carbocycles. The highest BCUT2D eigenvalue weighted by Crippen LogP contribution is 2.31. The van der Waals surface area contributed by atoms with E-state index in [1.807, 2.05) is 0 Å². The van der Waals surface area contributed by atoms with Gasteiger partial charge in [-0.25, -0.2) is 8.42 Å². The monoisotopic (exact) mass is 479 g/mol. The highest BCUT2D eigenvalue weighted by Gasteiger charge is 2.31. The van der Waals surface area contributed by atoms with Crippen LogP contribution in [0.15, 0.2) is 83.8 Å². The molecule has 0 radical (unpaired) electrons. The lowest BCUT2D eigenvalue weighted by molar-refractivity contribution is -0.384. The number of carbonyl (C=O) groups is 1. The number of hydrogen-bond acceptors (Lipinski definition) is 5. The molecule has 0 atom stereocenters. The third kappa shape index (κ3) is 5.66. The number of carbonyl (C=O) groups excluding carboxylic acids is 1. The van der Waals surface area contributed by atoms with E-state index in [9.17, 15) is 36.5 Å². The second-order valence-corrected chi connectivity index (χ2v) is 8.59. The molecule has 1 N–H and O–H groups in total. The van der Waals surface area contributed by atoms with Crippen molar-refractivity contribution in [2.24, 2.45) is 0 Å². The summed E-state index contributed by atoms with van der Waals surface area (Å²) in [6.45, 7) is -0.839. The fraction of sp³-hybridized carbons (Fsp3) is 0.0952. The minimum Gasteiger partial charge on any atom is -0.325 e. The van der Waals surface area contributed by atoms with E-state index in [0.717, 1.165) is 24.3 Å². The lowest BCUT2D eigenvalue weighted by Gasteiger charge is -2.24. The fourth-order valence-electron chi connectivity index (χ4n) is 2.90. The number of nitrogens with zero attached hydrogens (tertiary/aromatic N) is 2. The molecule has 0 saturated heterocycles. The van der Waals surface area contributed by atoms with Gasteiger partial charge < -0.3 is 5.32 Å². The summed E-state index contributed by atoms with van der Waals surface area (Å²) in [6.07, 6.45) is -4.63. The van der Waals surface area contributed by atoms with Gasteiger partial charge in [-0.1, -0.05) is 30.3 Å². The topological polar surface area (TPSA) is 110 Å². The number of nitro benzene ring substituents is 1. The lowest BCUT2D eigenvalue weighted by Crippen LogP contribution is -2.38. The predicted molar refractivity (Wildman–Crippen MR) is 114 cm³/mol. The molecule has 3 rings (SSSR count). The van der Waals surface area contributed by atoms with Crippen molar-refractivity contribution in [1.29, 1.82) is 0 Å². The largest absolute Gasteiger partial charge is 0.416 e. The van der Waals surface area contributed by atoms with E-state index in [-0.39, 0.29) is 16.3 Å². The zero-order valence-corrected chi connectivity index (χ0v) is 17.5. The number of anilines is 2. The van der Waals surface area contributed by atoms with Crippen molar-refractivity contribution >= 4 is 33.0 Å². The Bertz CT molecular complexity index is 1280. The molecule has 12 heteroatoms. The number of sulfonamides is 1. The summed E-state index contributed by atoms with van der Waals surface area (Å²) in [5.74, 6) is -0.944. The van der Waals surface area contributed by atoms with Gasteiger partial charge >= 0.3 is 6.18 Å². The number of benzene rings is 3. The molecular formula is C21H16F3N3O5S. The molecule has 0 unspecified atom stereocenters. The van der Waals surface area contributed by atoms with E-state index >= 15 is 0 Å². The van der Waals surface area contributed by atoms with Crippen molar-refractivity contribution in [2.45, 2.75) is 11.1 Å². The molecular weight excluding hydrogens is 463 g/mol. The Morgan fingerprint density at radius 2 is 1.64 bits per heavy atom. The first-order valence-electron chi connectivity index (χ1n) is 9.28. The van der Waals surface area contributed by atoms with E-state index in [1.54, 1.807) is 6.07 Å². The average molecular weight is 479 g/mol. The maximum Gasteiger partial charge on any atom is 0.416 e. The third-order valence-corrected chi connectivity index (χ3v) is 6.21. The zero-order valence-electron chi connectivity index (χ0n) is 16.7. The van der Waals surface area contributed by atoms with Crippen LogP contribution in [0, 0.1) is 10.1 Å². The Morgan fingerprint density at radius 1 is 0.970 bits per heavy atom. The van der Waals surface area contributed by atoms with Crippen LogP contribution in [0.4, 0.5) is 30.2 Å². The summed E-state index contributed by atoms with van der Waals surface area (Å²) in [5, 5.41) is 13.4. The molecule has 0 spiro atoms. The number of rotatable bonds is 7. The van der Waals surface area contributed by atoms with Crippen LogP contribution in [0.2, 0.25) is 0 Å². The van der Waals surface area contributed by atoms with Crippen LogP contribution >= 0.6 is 0 Å². The average Bonchev–Trinajstić information content (AvgIpc) is 2.77. The second-order valence-electron chi connectivity index (χ2n) is 6.73. The van der Waals surface area contributed by atoms with Gasteiger partial charge in [-0.15, -0.1) is 0 Å². The molecule has 0 fully saturated rings. The van der Waals surface area contributed by atoms with Gasteiger partial charge in [0.05, 0.1) is 21.1 Å². The van der Waals surface area contributed by atoms with E-state index in [2.05, 4.69) is 5.32 Å². The van der Waals surface area contributed by atoms with Crippen molar-refractivity contribution in [3.63, 3.8) is 0 Å². The van der Waals surface area contributed by atoms with Crippen LogP contribution in [0.1, 0.15) is 5.56 Å². The molecule has 0 heterocycles. The molecule has 0 aliphatic heterocycles. The number of amides is 1. The summed E-state index contributed by atoms with van der Waals surface area (Å²) in [6, 6.07) is 15.6. The Kier molecular flexibility index (Phi) is 6.68. The standard InChI is InChI=1S/C21H16F3N3O5S/c22-21(23,24)15-6-4-7-16(12-15)25-20(28)14-26(17-8-5-9-18(13-17)27(29)30)33(31,32)19-10-2-1-3-11-19/h1-13H,14H2,(H,25,28). The molecule has 33 heavy (non-hydrogen) atoms. The van der Waals surface area contributed by atoms with Crippen LogP contribution in [-0.4, -0.2) is 25.8 Å². The normalized spacial score (nSPS) is 11.6. The number of non-ortho nitro benzene ring substituents is 1. The summed E-state index contributed by atoms with van der Waals surface area (Å²) in [5.41, 5.74) is -1.75. The van der Waals surface area contributed by atoms with Gasteiger partial charge in [-0.05, 0) is 36.4 Å².